The maximum atomic E-state index is 12.0. The van der Waals surface area contributed by atoms with Crippen LogP contribution in [0, 0.1) is 11.8 Å². The van der Waals surface area contributed by atoms with E-state index in [1.54, 1.807) is 4.31 Å². The van der Waals surface area contributed by atoms with Crippen molar-refractivity contribution >= 4 is 34.4 Å². The van der Waals surface area contributed by atoms with Gasteiger partial charge in [0, 0.05) is 36.8 Å². The second kappa shape index (κ2) is 11.7. The topological polar surface area (TPSA) is 108 Å². The van der Waals surface area contributed by atoms with Gasteiger partial charge in [0.15, 0.2) is 0 Å². The van der Waals surface area contributed by atoms with E-state index < -0.39 is 16.1 Å². The molecule has 5 rings (SSSR count). The Bertz CT molecular complexity index is 1380. The van der Waals surface area contributed by atoms with E-state index in [0.717, 1.165) is 54.3 Å². The van der Waals surface area contributed by atoms with Gasteiger partial charge in [-0.25, -0.2) is 22.5 Å². The number of aromatic nitrogens is 2. The summed E-state index contributed by atoms with van der Waals surface area (Å²) in [5, 5.41) is 2.66. The number of imidazole rings is 1. The summed E-state index contributed by atoms with van der Waals surface area (Å²) in [6.45, 7) is 2.95. The van der Waals surface area contributed by atoms with Crippen molar-refractivity contribution in [2.24, 2.45) is 11.8 Å². The lowest BCUT2D eigenvalue weighted by Gasteiger charge is -2.33. The number of nitrogens with zero attached hydrogens (tertiary/aromatic N) is 3. The van der Waals surface area contributed by atoms with E-state index in [9.17, 15) is 13.2 Å². The number of methoxy groups -OCH3 is 1. The number of amides is 1. The first-order valence-corrected chi connectivity index (χ1v) is 15.5. The number of carbonyl (C=O) groups excluding carboxylic acids is 1. The zero-order valence-corrected chi connectivity index (χ0v) is 23.9. The molecule has 2 aliphatic heterocycles. The molecule has 1 aromatic heterocycles. The number of hydrogen-bond acceptors (Lipinski definition) is 7. The SMILES string of the molecule is COC(=O)Nc1ccc(-c2cnc([C@@H]3C[C@H](C4CCN(S(C)(=O)=O)CC4)CN3Cc3ccc(S)cc3)[nH]2)cc1. The van der Waals surface area contributed by atoms with E-state index in [4.69, 9.17) is 4.98 Å². The van der Waals surface area contributed by atoms with Crippen molar-refractivity contribution in [1.29, 1.82) is 0 Å². The third-order valence-corrected chi connectivity index (χ3v) is 9.53. The monoisotopic (exact) mass is 569 g/mol. The van der Waals surface area contributed by atoms with Gasteiger partial charge in [-0.05, 0) is 66.5 Å². The molecule has 2 N–H and O–H groups in total. The number of likely N-dealkylation sites (tertiary alicyclic amines) is 1. The molecular formula is C28H35N5O4S2. The highest BCUT2D eigenvalue weighted by Crippen LogP contribution is 2.42. The lowest BCUT2D eigenvalue weighted by molar-refractivity contribution is 0.187. The fourth-order valence-electron chi connectivity index (χ4n) is 5.81. The highest BCUT2D eigenvalue weighted by Gasteiger charge is 2.40. The Balaban J connectivity index is 1.33. The van der Waals surface area contributed by atoms with Crippen LogP contribution in [0.4, 0.5) is 10.5 Å². The van der Waals surface area contributed by atoms with Crippen LogP contribution in [-0.4, -0.2) is 66.7 Å². The molecule has 0 radical (unpaired) electrons. The minimum Gasteiger partial charge on any atom is -0.453 e. The molecule has 2 aliphatic rings. The average Bonchev–Trinajstić information content (AvgIpc) is 3.57. The molecule has 3 heterocycles. The molecule has 0 aliphatic carbocycles. The smallest absolute Gasteiger partial charge is 0.411 e. The van der Waals surface area contributed by atoms with Crippen LogP contribution >= 0.6 is 12.6 Å². The fourth-order valence-corrected chi connectivity index (χ4v) is 6.83. The summed E-state index contributed by atoms with van der Waals surface area (Å²) >= 11 is 4.43. The van der Waals surface area contributed by atoms with E-state index in [2.05, 4.69) is 44.7 Å². The van der Waals surface area contributed by atoms with Crippen molar-refractivity contribution in [1.82, 2.24) is 19.2 Å². The number of anilines is 1. The summed E-state index contributed by atoms with van der Waals surface area (Å²) in [5.74, 6) is 1.89. The molecular weight excluding hydrogens is 534 g/mol. The first-order chi connectivity index (χ1) is 18.7. The number of benzene rings is 2. The van der Waals surface area contributed by atoms with Gasteiger partial charge in [-0.1, -0.05) is 24.3 Å². The fraction of sp³-hybridized carbons (Fsp3) is 0.429. The number of thiol groups is 1. The summed E-state index contributed by atoms with van der Waals surface area (Å²) in [5.41, 5.74) is 3.77. The van der Waals surface area contributed by atoms with Crippen LogP contribution in [0.5, 0.6) is 0 Å². The second-order valence-electron chi connectivity index (χ2n) is 10.5. The number of nitrogens with one attached hydrogen (secondary N) is 2. The largest absolute Gasteiger partial charge is 0.453 e. The van der Waals surface area contributed by atoms with Crippen LogP contribution in [0.2, 0.25) is 0 Å². The third-order valence-electron chi connectivity index (χ3n) is 7.93. The molecule has 2 fully saturated rings. The van der Waals surface area contributed by atoms with E-state index in [1.807, 2.05) is 42.6 Å². The molecule has 208 valence electrons. The number of piperidine rings is 1. The predicted octanol–water partition coefficient (Wildman–Crippen LogP) is 4.78. The van der Waals surface area contributed by atoms with Gasteiger partial charge >= 0.3 is 6.09 Å². The molecule has 2 atom stereocenters. The van der Waals surface area contributed by atoms with Crippen LogP contribution in [0.3, 0.4) is 0 Å². The van der Waals surface area contributed by atoms with Crippen molar-refractivity contribution in [3.8, 4) is 11.3 Å². The Kier molecular flexibility index (Phi) is 8.32. The maximum absolute atomic E-state index is 12.0. The van der Waals surface area contributed by atoms with Crippen molar-refractivity contribution in [2.75, 3.05) is 38.3 Å². The lowest BCUT2D eigenvalue weighted by Crippen LogP contribution is -2.39. The van der Waals surface area contributed by atoms with Gasteiger partial charge in [-0.2, -0.15) is 0 Å². The molecule has 11 heteroatoms. The molecule has 2 saturated heterocycles. The van der Waals surface area contributed by atoms with Crippen molar-refractivity contribution in [2.45, 2.75) is 36.7 Å². The number of sulfonamides is 1. The second-order valence-corrected chi connectivity index (χ2v) is 13.0. The average molecular weight is 570 g/mol. The number of H-pyrrole nitrogens is 1. The van der Waals surface area contributed by atoms with Crippen molar-refractivity contribution in [3.05, 3.63) is 66.1 Å². The number of ether oxygens (including phenoxy) is 1. The zero-order valence-electron chi connectivity index (χ0n) is 22.2. The highest BCUT2D eigenvalue weighted by atomic mass is 32.2. The molecule has 0 bridgehead atoms. The summed E-state index contributed by atoms with van der Waals surface area (Å²) in [4.78, 5) is 23.3. The van der Waals surface area contributed by atoms with E-state index >= 15 is 0 Å². The van der Waals surface area contributed by atoms with Gasteiger partial charge in [0.05, 0.1) is 31.3 Å². The summed E-state index contributed by atoms with van der Waals surface area (Å²) < 4.78 is 30.3. The van der Waals surface area contributed by atoms with Crippen LogP contribution in [0.25, 0.3) is 11.3 Å². The van der Waals surface area contributed by atoms with Crippen molar-refractivity contribution < 1.29 is 17.9 Å². The van der Waals surface area contributed by atoms with Crippen LogP contribution < -0.4 is 5.32 Å². The normalized spacial score (nSPS) is 21.2. The van der Waals surface area contributed by atoms with Crippen LogP contribution in [0.15, 0.2) is 59.6 Å². The number of carbonyl (C=O) groups is 1. The molecule has 3 aromatic rings. The Morgan fingerprint density at radius 1 is 1.10 bits per heavy atom. The lowest BCUT2D eigenvalue weighted by atomic mass is 9.83. The van der Waals surface area contributed by atoms with E-state index in [-0.39, 0.29) is 6.04 Å². The minimum atomic E-state index is -3.14. The minimum absolute atomic E-state index is 0.132. The maximum Gasteiger partial charge on any atom is 0.411 e. The van der Waals surface area contributed by atoms with Crippen LogP contribution in [0.1, 0.15) is 36.7 Å². The van der Waals surface area contributed by atoms with E-state index in [1.165, 1.54) is 18.9 Å². The molecule has 0 unspecified atom stereocenters. The first-order valence-electron chi connectivity index (χ1n) is 13.2. The molecule has 1 amide bonds. The molecule has 0 saturated carbocycles. The van der Waals surface area contributed by atoms with Gasteiger partial charge in [-0.3, -0.25) is 10.2 Å². The standard InChI is InChI=1S/C28H35N5O4S2/c1-37-28(34)30-23-7-5-21(6-8-23)25-16-29-27(31-25)26-15-22(20-11-13-33(14-12-20)39(2,35)36)18-32(26)17-19-3-9-24(38)10-4-19/h3-10,16,20,22,26,38H,11-15,17-18H2,1-2H3,(H,29,31)(H,30,34)/t22-,26-/m0/s1. The van der Waals surface area contributed by atoms with Gasteiger partial charge in [-0.15, -0.1) is 12.6 Å². The third kappa shape index (κ3) is 6.66. The summed E-state index contributed by atoms with van der Waals surface area (Å²) in [7, 11) is -1.81. The molecule has 9 nitrogen and oxygen atoms in total. The van der Waals surface area contributed by atoms with Gasteiger partial charge < -0.3 is 9.72 Å². The highest BCUT2D eigenvalue weighted by molar-refractivity contribution is 7.88. The Hall–Kier alpha value is -2.86. The Labute approximate surface area is 235 Å². The Morgan fingerprint density at radius 3 is 2.44 bits per heavy atom. The number of aromatic amines is 1. The van der Waals surface area contributed by atoms with Crippen molar-refractivity contribution in [3.63, 3.8) is 0 Å². The van der Waals surface area contributed by atoms with Gasteiger partial charge in [0.1, 0.15) is 5.82 Å². The van der Waals surface area contributed by atoms with Crippen LogP contribution in [-0.2, 0) is 21.3 Å². The molecule has 39 heavy (non-hydrogen) atoms. The van der Waals surface area contributed by atoms with E-state index in [0.29, 0.717) is 30.6 Å². The quantitative estimate of drug-likeness (QED) is 0.354. The van der Waals surface area contributed by atoms with Gasteiger partial charge in [0.2, 0.25) is 10.0 Å². The predicted molar refractivity (Wildman–Crippen MR) is 154 cm³/mol. The molecule has 2 aromatic carbocycles. The number of rotatable bonds is 7. The number of hydrogen-bond donors (Lipinski definition) is 3. The first kappa shape index (κ1) is 27.7. The summed E-state index contributed by atoms with van der Waals surface area (Å²) in [6, 6.07) is 15.9. The zero-order chi connectivity index (χ0) is 27.6. The summed E-state index contributed by atoms with van der Waals surface area (Å²) in [6.07, 6.45) is 5.42. The Morgan fingerprint density at radius 2 is 1.79 bits per heavy atom. The van der Waals surface area contributed by atoms with Gasteiger partial charge in [0.25, 0.3) is 0 Å². The molecule has 0 spiro atoms.